The molecule has 0 aromatic carbocycles. The molecule has 6 heteroatoms. The Labute approximate surface area is 109 Å². The first-order valence-electron chi connectivity index (χ1n) is 5.72. The molecule has 1 aliphatic heterocycles. The minimum Gasteiger partial charge on any atom is -0.479 e. The molecule has 1 aliphatic rings. The van der Waals surface area contributed by atoms with E-state index in [9.17, 15) is 9.59 Å². The highest BCUT2D eigenvalue weighted by Crippen LogP contribution is 2.22. The van der Waals surface area contributed by atoms with Gasteiger partial charge in [0.15, 0.2) is 6.10 Å². The monoisotopic (exact) mass is 269 g/mol. The summed E-state index contributed by atoms with van der Waals surface area (Å²) in [4.78, 5) is 24.4. The molecule has 0 unspecified atom stereocenters. The number of aliphatic carboxylic acids is 1. The zero-order valence-electron chi connectivity index (χ0n) is 10.0. The van der Waals surface area contributed by atoms with Gasteiger partial charge in [-0.3, -0.25) is 4.79 Å². The predicted molar refractivity (Wildman–Crippen MR) is 66.3 cm³/mol. The summed E-state index contributed by atoms with van der Waals surface area (Å²) in [6.45, 7) is 0.528. The van der Waals surface area contributed by atoms with E-state index in [2.05, 4.69) is 0 Å². The Morgan fingerprint density at radius 3 is 2.78 bits per heavy atom. The molecule has 5 nitrogen and oxygen atoms in total. The van der Waals surface area contributed by atoms with Gasteiger partial charge in [0.1, 0.15) is 6.10 Å². The maximum Gasteiger partial charge on any atom is 0.332 e. The van der Waals surface area contributed by atoms with E-state index in [0.29, 0.717) is 19.4 Å². The lowest BCUT2D eigenvalue weighted by Gasteiger charge is -2.20. The van der Waals surface area contributed by atoms with Gasteiger partial charge in [-0.25, -0.2) is 4.79 Å². The smallest absolute Gasteiger partial charge is 0.332 e. The van der Waals surface area contributed by atoms with Gasteiger partial charge in [-0.05, 0) is 35.2 Å². The Morgan fingerprint density at radius 2 is 2.22 bits per heavy atom. The van der Waals surface area contributed by atoms with Crippen molar-refractivity contribution in [1.82, 2.24) is 4.90 Å². The fraction of sp³-hybridized carbons (Fsp3) is 0.500. The molecule has 1 aromatic rings. The Morgan fingerprint density at radius 1 is 1.50 bits per heavy atom. The van der Waals surface area contributed by atoms with Crippen LogP contribution in [0.4, 0.5) is 0 Å². The Kier molecular flexibility index (Phi) is 3.98. The standard InChI is InChI=1S/C12H15NO4S/c1-13(6-8-4-5-18-7-8)11(14)9-2-3-10(17-9)12(15)16/h4-5,7,9-10H,2-3,6H2,1H3,(H,15,16)/t9-,10+/m0/s1. The fourth-order valence-corrected chi connectivity index (χ4v) is 2.64. The van der Waals surface area contributed by atoms with E-state index in [1.165, 1.54) is 0 Å². The van der Waals surface area contributed by atoms with Crippen LogP contribution in [0.3, 0.4) is 0 Å². The number of rotatable bonds is 4. The lowest BCUT2D eigenvalue weighted by molar-refractivity contribution is -0.154. The van der Waals surface area contributed by atoms with E-state index in [4.69, 9.17) is 9.84 Å². The number of ether oxygens (including phenoxy) is 1. The van der Waals surface area contributed by atoms with Gasteiger partial charge in [0, 0.05) is 13.6 Å². The summed E-state index contributed by atoms with van der Waals surface area (Å²) in [7, 11) is 1.71. The number of carbonyl (C=O) groups excluding carboxylic acids is 1. The molecule has 2 atom stereocenters. The van der Waals surface area contributed by atoms with Crippen molar-refractivity contribution in [3.05, 3.63) is 22.4 Å². The number of thiophene rings is 1. The molecule has 2 rings (SSSR count). The maximum atomic E-state index is 12.1. The van der Waals surface area contributed by atoms with Crippen LogP contribution >= 0.6 is 11.3 Å². The molecule has 18 heavy (non-hydrogen) atoms. The summed E-state index contributed by atoms with van der Waals surface area (Å²) >= 11 is 1.58. The van der Waals surface area contributed by atoms with Gasteiger partial charge in [-0.15, -0.1) is 0 Å². The number of likely N-dealkylation sites (N-methyl/N-ethyl adjacent to an activating group) is 1. The molecule has 1 fully saturated rings. The zero-order chi connectivity index (χ0) is 13.1. The summed E-state index contributed by atoms with van der Waals surface area (Å²) in [6, 6.07) is 1.96. The van der Waals surface area contributed by atoms with Crippen molar-refractivity contribution in [2.75, 3.05) is 7.05 Å². The van der Waals surface area contributed by atoms with Crippen molar-refractivity contribution in [2.45, 2.75) is 31.6 Å². The average molecular weight is 269 g/mol. The summed E-state index contributed by atoms with van der Waals surface area (Å²) in [5.41, 5.74) is 1.07. The van der Waals surface area contributed by atoms with Gasteiger partial charge in [0.05, 0.1) is 0 Å². The highest BCUT2D eigenvalue weighted by Gasteiger charge is 2.35. The van der Waals surface area contributed by atoms with Crippen LogP contribution in [-0.2, 0) is 20.9 Å². The lowest BCUT2D eigenvalue weighted by atomic mass is 10.2. The molecular weight excluding hydrogens is 254 g/mol. The van der Waals surface area contributed by atoms with Crippen molar-refractivity contribution in [3.63, 3.8) is 0 Å². The molecule has 1 saturated heterocycles. The van der Waals surface area contributed by atoms with E-state index in [1.54, 1.807) is 23.3 Å². The summed E-state index contributed by atoms with van der Waals surface area (Å²) in [6.07, 6.45) is -0.579. The SMILES string of the molecule is CN(Cc1ccsc1)C(=O)[C@@H]1CC[C@H](C(=O)O)O1. The number of hydrogen-bond donors (Lipinski definition) is 1. The van der Waals surface area contributed by atoms with Crippen molar-refractivity contribution < 1.29 is 19.4 Å². The second-order valence-electron chi connectivity index (χ2n) is 4.35. The average Bonchev–Trinajstić information content (AvgIpc) is 2.98. The maximum absolute atomic E-state index is 12.1. The number of amides is 1. The topological polar surface area (TPSA) is 66.8 Å². The summed E-state index contributed by atoms with van der Waals surface area (Å²) in [5.74, 6) is -1.14. The molecule has 0 radical (unpaired) electrons. The lowest BCUT2D eigenvalue weighted by Crippen LogP contribution is -2.36. The highest BCUT2D eigenvalue weighted by atomic mass is 32.1. The third-order valence-electron chi connectivity index (χ3n) is 2.95. The zero-order valence-corrected chi connectivity index (χ0v) is 10.9. The summed E-state index contributed by atoms with van der Waals surface area (Å²) in [5, 5.41) is 12.8. The first-order chi connectivity index (χ1) is 8.58. The van der Waals surface area contributed by atoms with Crippen LogP contribution in [0, 0.1) is 0 Å². The second-order valence-corrected chi connectivity index (χ2v) is 5.13. The molecule has 0 saturated carbocycles. The normalized spacial score (nSPS) is 22.9. The molecule has 0 bridgehead atoms. The van der Waals surface area contributed by atoms with Gasteiger partial charge in [0.25, 0.3) is 5.91 Å². The van der Waals surface area contributed by atoms with Crippen molar-refractivity contribution in [3.8, 4) is 0 Å². The van der Waals surface area contributed by atoms with Gasteiger partial charge in [-0.1, -0.05) is 0 Å². The molecule has 0 aliphatic carbocycles. The van der Waals surface area contributed by atoms with Gasteiger partial charge < -0.3 is 14.7 Å². The van der Waals surface area contributed by atoms with E-state index in [-0.39, 0.29) is 5.91 Å². The first kappa shape index (κ1) is 13.0. The number of carboxylic acid groups (broad SMARTS) is 1. The quantitative estimate of drug-likeness (QED) is 0.895. The molecule has 98 valence electrons. The van der Waals surface area contributed by atoms with Crippen molar-refractivity contribution in [1.29, 1.82) is 0 Å². The first-order valence-corrected chi connectivity index (χ1v) is 6.66. The Hall–Kier alpha value is -1.40. The number of carboxylic acids is 1. The van der Waals surface area contributed by atoms with Crippen LogP contribution in [0.2, 0.25) is 0 Å². The van der Waals surface area contributed by atoms with E-state index < -0.39 is 18.2 Å². The molecule has 1 aromatic heterocycles. The van der Waals surface area contributed by atoms with Gasteiger partial charge in [-0.2, -0.15) is 11.3 Å². The van der Waals surface area contributed by atoms with Crippen molar-refractivity contribution in [2.24, 2.45) is 0 Å². The summed E-state index contributed by atoms with van der Waals surface area (Å²) < 4.78 is 5.24. The third-order valence-corrected chi connectivity index (χ3v) is 3.68. The third kappa shape index (κ3) is 2.88. The van der Waals surface area contributed by atoms with Crippen LogP contribution in [0.25, 0.3) is 0 Å². The van der Waals surface area contributed by atoms with Crippen LogP contribution in [0.15, 0.2) is 16.8 Å². The molecule has 2 heterocycles. The van der Waals surface area contributed by atoms with Crippen molar-refractivity contribution >= 4 is 23.2 Å². The number of carbonyl (C=O) groups is 2. The molecule has 0 spiro atoms. The minimum absolute atomic E-state index is 0.148. The predicted octanol–water partition coefficient (Wildman–Crippen LogP) is 1.34. The highest BCUT2D eigenvalue weighted by molar-refractivity contribution is 7.07. The van der Waals surface area contributed by atoms with Gasteiger partial charge >= 0.3 is 5.97 Å². The molecule has 1 N–H and O–H groups in total. The van der Waals surface area contributed by atoms with Crippen LogP contribution < -0.4 is 0 Å². The van der Waals surface area contributed by atoms with E-state index in [1.807, 2.05) is 16.8 Å². The van der Waals surface area contributed by atoms with Gasteiger partial charge in [0.2, 0.25) is 0 Å². The van der Waals surface area contributed by atoms with E-state index in [0.717, 1.165) is 5.56 Å². The second kappa shape index (κ2) is 5.49. The van der Waals surface area contributed by atoms with Crippen LogP contribution in [0.5, 0.6) is 0 Å². The Bertz CT molecular complexity index is 431. The minimum atomic E-state index is -0.995. The number of hydrogen-bond acceptors (Lipinski definition) is 4. The molecular formula is C12H15NO4S. The fourth-order valence-electron chi connectivity index (χ4n) is 1.98. The van der Waals surface area contributed by atoms with Crippen LogP contribution in [0.1, 0.15) is 18.4 Å². The molecule has 1 amide bonds. The Balaban J connectivity index is 1.90. The van der Waals surface area contributed by atoms with E-state index >= 15 is 0 Å². The largest absolute Gasteiger partial charge is 0.479 e. The number of nitrogens with zero attached hydrogens (tertiary/aromatic N) is 1. The van der Waals surface area contributed by atoms with Crippen LogP contribution in [-0.4, -0.2) is 41.1 Å².